The minimum atomic E-state index is -3.65. The van der Waals surface area contributed by atoms with Crippen molar-refractivity contribution >= 4 is 21.9 Å². The summed E-state index contributed by atoms with van der Waals surface area (Å²) >= 11 is 3.21. The van der Waals surface area contributed by atoms with E-state index in [-0.39, 0.29) is 6.42 Å². The molecule has 0 aliphatic carbocycles. The molecule has 0 aliphatic rings. The second-order valence-corrected chi connectivity index (χ2v) is 4.06. The molecular weight excluding hydrogens is 270 g/mol. The zero-order valence-corrected chi connectivity index (χ0v) is 9.30. The van der Waals surface area contributed by atoms with Crippen LogP contribution >= 0.6 is 15.9 Å². The van der Waals surface area contributed by atoms with Crippen molar-refractivity contribution in [2.75, 3.05) is 0 Å². The van der Waals surface area contributed by atoms with E-state index in [0.29, 0.717) is 5.56 Å². The van der Waals surface area contributed by atoms with Crippen LogP contribution in [0.1, 0.15) is 12.0 Å². The maximum atomic E-state index is 12.7. The Balaban J connectivity index is 2.61. The van der Waals surface area contributed by atoms with Gasteiger partial charge in [0.1, 0.15) is 0 Å². The van der Waals surface area contributed by atoms with Gasteiger partial charge in [0, 0.05) is 10.9 Å². The van der Waals surface area contributed by atoms with E-state index >= 15 is 0 Å². The molecule has 0 amide bonds. The van der Waals surface area contributed by atoms with Gasteiger partial charge < -0.3 is 5.11 Å². The average molecular weight is 279 g/mol. The summed E-state index contributed by atoms with van der Waals surface area (Å²) in [6.45, 7) is 0. The average Bonchev–Trinajstić information content (AvgIpc) is 2.15. The number of hydrogen-bond acceptors (Lipinski definition) is 1. The standard InChI is InChI=1S/C10H9BrF2O2/c11-8-3-1-2-7(6-8)4-5-10(12,13)9(14)15/h1-3,6H,4-5H2,(H,14,15). The molecule has 0 saturated carbocycles. The number of aryl methyl sites for hydroxylation is 1. The quantitative estimate of drug-likeness (QED) is 0.919. The van der Waals surface area contributed by atoms with Gasteiger partial charge in [-0.25, -0.2) is 4.79 Å². The lowest BCUT2D eigenvalue weighted by molar-refractivity contribution is -0.165. The summed E-state index contributed by atoms with van der Waals surface area (Å²) in [6.07, 6.45) is -0.641. The number of rotatable bonds is 4. The van der Waals surface area contributed by atoms with E-state index in [1.165, 1.54) is 0 Å². The molecule has 0 aliphatic heterocycles. The zero-order chi connectivity index (χ0) is 11.5. The van der Waals surface area contributed by atoms with Crippen molar-refractivity contribution in [3.05, 3.63) is 34.3 Å². The third-order valence-corrected chi connectivity index (χ3v) is 2.42. The lowest BCUT2D eigenvalue weighted by Crippen LogP contribution is -2.28. The number of hydrogen-bond donors (Lipinski definition) is 1. The van der Waals surface area contributed by atoms with E-state index in [1.54, 1.807) is 24.3 Å². The fraction of sp³-hybridized carbons (Fsp3) is 0.300. The molecule has 15 heavy (non-hydrogen) atoms. The number of carboxylic acids is 1. The van der Waals surface area contributed by atoms with Crippen LogP contribution < -0.4 is 0 Å². The number of aliphatic carboxylic acids is 1. The van der Waals surface area contributed by atoms with Gasteiger partial charge in [-0.05, 0) is 24.1 Å². The number of benzene rings is 1. The third-order valence-electron chi connectivity index (χ3n) is 1.93. The second kappa shape index (κ2) is 4.70. The summed E-state index contributed by atoms with van der Waals surface area (Å²) in [5.74, 6) is -5.72. The maximum absolute atomic E-state index is 12.7. The Labute approximate surface area is 94.0 Å². The van der Waals surface area contributed by atoms with Crippen LogP contribution in [-0.4, -0.2) is 17.0 Å². The minimum absolute atomic E-state index is 0.0404. The summed E-state index contributed by atoms with van der Waals surface area (Å²) < 4.78 is 26.2. The predicted molar refractivity (Wildman–Crippen MR) is 55.0 cm³/mol. The van der Waals surface area contributed by atoms with Gasteiger partial charge in [0.15, 0.2) is 0 Å². The highest BCUT2D eigenvalue weighted by atomic mass is 79.9. The Bertz CT molecular complexity index is 366. The summed E-state index contributed by atoms with van der Waals surface area (Å²) in [5, 5.41) is 8.21. The molecule has 82 valence electrons. The summed E-state index contributed by atoms with van der Waals surface area (Å²) in [6, 6.07) is 6.87. The highest BCUT2D eigenvalue weighted by molar-refractivity contribution is 9.10. The Morgan fingerprint density at radius 3 is 2.67 bits per heavy atom. The van der Waals surface area contributed by atoms with Crippen LogP contribution in [0, 0.1) is 0 Å². The van der Waals surface area contributed by atoms with Gasteiger partial charge in [0.2, 0.25) is 0 Å². The second-order valence-electron chi connectivity index (χ2n) is 3.14. The SMILES string of the molecule is O=C(O)C(F)(F)CCc1cccc(Br)c1. The Morgan fingerprint density at radius 1 is 1.47 bits per heavy atom. The van der Waals surface area contributed by atoms with E-state index in [4.69, 9.17) is 5.11 Å². The van der Waals surface area contributed by atoms with Crippen molar-refractivity contribution in [1.29, 1.82) is 0 Å². The molecule has 0 fully saturated rings. The number of carboxylic acid groups (broad SMARTS) is 1. The van der Waals surface area contributed by atoms with E-state index in [1.807, 2.05) is 0 Å². The molecule has 2 nitrogen and oxygen atoms in total. The van der Waals surface area contributed by atoms with Crippen LogP contribution in [0.3, 0.4) is 0 Å². The van der Waals surface area contributed by atoms with Crippen molar-refractivity contribution in [2.24, 2.45) is 0 Å². The first kappa shape index (κ1) is 12.1. The van der Waals surface area contributed by atoms with Crippen LogP contribution in [0.15, 0.2) is 28.7 Å². The first-order valence-corrected chi connectivity index (χ1v) is 5.07. The van der Waals surface area contributed by atoms with Gasteiger partial charge in [-0.3, -0.25) is 0 Å². The van der Waals surface area contributed by atoms with Gasteiger partial charge >= 0.3 is 11.9 Å². The fourth-order valence-corrected chi connectivity index (χ4v) is 1.55. The van der Waals surface area contributed by atoms with Gasteiger partial charge in [0.05, 0.1) is 0 Å². The molecule has 0 unspecified atom stereocenters. The van der Waals surface area contributed by atoms with E-state index in [9.17, 15) is 13.6 Å². The van der Waals surface area contributed by atoms with Crippen LogP contribution in [0.5, 0.6) is 0 Å². The molecule has 1 N–H and O–H groups in total. The third kappa shape index (κ3) is 3.58. The molecule has 0 atom stereocenters. The predicted octanol–water partition coefficient (Wildman–Crippen LogP) is 3.10. The van der Waals surface area contributed by atoms with Crippen molar-refractivity contribution in [2.45, 2.75) is 18.8 Å². The Morgan fingerprint density at radius 2 is 2.13 bits per heavy atom. The molecule has 1 aromatic rings. The monoisotopic (exact) mass is 278 g/mol. The van der Waals surface area contributed by atoms with Crippen molar-refractivity contribution in [1.82, 2.24) is 0 Å². The van der Waals surface area contributed by atoms with Crippen LogP contribution in [0.4, 0.5) is 8.78 Å². The van der Waals surface area contributed by atoms with Crippen molar-refractivity contribution < 1.29 is 18.7 Å². The number of halogens is 3. The molecule has 1 aromatic carbocycles. The molecule has 5 heteroatoms. The van der Waals surface area contributed by atoms with Gasteiger partial charge in [0.25, 0.3) is 0 Å². The lowest BCUT2D eigenvalue weighted by atomic mass is 10.1. The molecule has 0 spiro atoms. The first-order valence-electron chi connectivity index (χ1n) is 4.27. The molecule has 0 bridgehead atoms. The highest BCUT2D eigenvalue weighted by Crippen LogP contribution is 2.22. The first-order chi connectivity index (χ1) is 6.92. The summed E-state index contributed by atoms with van der Waals surface area (Å²) in [4.78, 5) is 10.1. The Hall–Kier alpha value is -0.970. The molecule has 1 rings (SSSR count). The van der Waals surface area contributed by atoms with Crippen molar-refractivity contribution in [3.8, 4) is 0 Å². The molecular formula is C10H9BrF2O2. The normalized spacial score (nSPS) is 11.4. The van der Waals surface area contributed by atoms with Crippen LogP contribution in [0.2, 0.25) is 0 Å². The van der Waals surface area contributed by atoms with Gasteiger partial charge in [-0.15, -0.1) is 0 Å². The topological polar surface area (TPSA) is 37.3 Å². The maximum Gasteiger partial charge on any atom is 0.374 e. The molecule has 0 aromatic heterocycles. The van der Waals surface area contributed by atoms with Crippen LogP contribution in [0.25, 0.3) is 0 Å². The van der Waals surface area contributed by atoms with Crippen LogP contribution in [-0.2, 0) is 11.2 Å². The summed E-state index contributed by atoms with van der Waals surface area (Å²) in [7, 11) is 0. The number of carbonyl (C=O) groups is 1. The smallest absolute Gasteiger partial charge is 0.374 e. The highest BCUT2D eigenvalue weighted by Gasteiger charge is 2.37. The van der Waals surface area contributed by atoms with E-state index in [2.05, 4.69) is 15.9 Å². The Kier molecular flexibility index (Phi) is 3.79. The number of alkyl halides is 2. The van der Waals surface area contributed by atoms with Gasteiger partial charge in [-0.1, -0.05) is 28.1 Å². The molecule has 0 heterocycles. The lowest BCUT2D eigenvalue weighted by Gasteiger charge is -2.10. The zero-order valence-electron chi connectivity index (χ0n) is 7.71. The fourth-order valence-electron chi connectivity index (χ4n) is 1.10. The molecule has 0 radical (unpaired) electrons. The van der Waals surface area contributed by atoms with E-state index in [0.717, 1.165) is 4.47 Å². The minimum Gasteiger partial charge on any atom is -0.477 e. The van der Waals surface area contributed by atoms with Gasteiger partial charge in [-0.2, -0.15) is 8.78 Å². The van der Waals surface area contributed by atoms with E-state index < -0.39 is 18.3 Å². The summed E-state index contributed by atoms with van der Waals surface area (Å²) in [5.41, 5.74) is 0.685. The van der Waals surface area contributed by atoms with Crippen molar-refractivity contribution in [3.63, 3.8) is 0 Å². The largest absolute Gasteiger partial charge is 0.477 e. The molecule has 0 saturated heterocycles.